The van der Waals surface area contributed by atoms with Gasteiger partial charge >= 0.3 is 5.97 Å². The molecular weight excluding hydrogens is 434 g/mol. The first-order valence-corrected chi connectivity index (χ1v) is 11.0. The maximum atomic E-state index is 12.9. The van der Waals surface area contributed by atoms with Gasteiger partial charge in [0.2, 0.25) is 12.0 Å². The molecule has 1 unspecified atom stereocenters. The van der Waals surface area contributed by atoms with Crippen LogP contribution in [0.2, 0.25) is 0 Å². The normalized spacial score (nSPS) is 11.2. The summed E-state index contributed by atoms with van der Waals surface area (Å²) in [5.41, 5.74) is 2.78. The lowest BCUT2D eigenvalue weighted by Gasteiger charge is -2.19. The van der Waals surface area contributed by atoms with Crippen LogP contribution in [0.15, 0.2) is 91.1 Å². The molecule has 33 heavy (non-hydrogen) atoms. The van der Waals surface area contributed by atoms with Crippen LogP contribution in [-0.2, 0) is 9.53 Å². The molecule has 7 heteroatoms. The van der Waals surface area contributed by atoms with Crippen LogP contribution in [0.1, 0.15) is 17.2 Å². The van der Waals surface area contributed by atoms with E-state index in [4.69, 9.17) is 9.47 Å². The SMILES string of the molecule is C=CCOC(=O)C(Oc1nc(-c2cccs2)cc(-c2cccnc2)c1C#N)c1ccccc1. The standard InChI is InChI=1S/C26H19N3O3S/c1-2-13-31-26(30)24(18-8-4-3-5-9-18)32-25-21(16-27)20(19-10-6-12-28-17-19)15-22(29-25)23-11-7-14-33-23/h2-12,14-15,17,24H,1,13H2. The lowest BCUT2D eigenvalue weighted by atomic mass is 10.0. The number of nitrogens with zero attached hydrogens (tertiary/aromatic N) is 3. The van der Waals surface area contributed by atoms with Gasteiger partial charge in [-0.3, -0.25) is 4.98 Å². The van der Waals surface area contributed by atoms with Gasteiger partial charge in [0.1, 0.15) is 18.2 Å². The number of ether oxygens (including phenoxy) is 2. The Bertz CT molecular complexity index is 1280. The van der Waals surface area contributed by atoms with E-state index in [9.17, 15) is 10.1 Å². The Labute approximate surface area is 195 Å². The van der Waals surface area contributed by atoms with Crippen LogP contribution in [0, 0.1) is 11.3 Å². The molecule has 0 amide bonds. The predicted molar refractivity (Wildman–Crippen MR) is 126 cm³/mol. The molecule has 0 aliphatic carbocycles. The molecule has 1 aromatic carbocycles. The number of carbonyl (C=O) groups excluding carboxylic acids is 1. The summed E-state index contributed by atoms with van der Waals surface area (Å²) in [4.78, 5) is 22.6. The van der Waals surface area contributed by atoms with Gasteiger partial charge in [-0.25, -0.2) is 9.78 Å². The van der Waals surface area contributed by atoms with E-state index >= 15 is 0 Å². The third kappa shape index (κ3) is 4.97. The first kappa shape index (κ1) is 21.9. The van der Waals surface area contributed by atoms with Gasteiger partial charge in [0.25, 0.3) is 0 Å². The number of hydrogen-bond acceptors (Lipinski definition) is 7. The summed E-state index contributed by atoms with van der Waals surface area (Å²) in [5.74, 6) is -0.553. The topological polar surface area (TPSA) is 85.1 Å². The molecule has 1 atom stereocenters. The zero-order valence-corrected chi connectivity index (χ0v) is 18.4. The number of aromatic nitrogens is 2. The van der Waals surface area contributed by atoms with E-state index in [0.717, 1.165) is 10.4 Å². The Morgan fingerprint density at radius 3 is 2.70 bits per heavy atom. The second-order valence-corrected chi connectivity index (χ2v) is 7.84. The number of benzene rings is 1. The average Bonchev–Trinajstić information content (AvgIpc) is 3.41. The number of thiophene rings is 1. The van der Waals surface area contributed by atoms with Crippen LogP contribution in [0.4, 0.5) is 0 Å². The van der Waals surface area contributed by atoms with Crippen molar-refractivity contribution in [3.05, 3.63) is 102 Å². The van der Waals surface area contributed by atoms with Crippen LogP contribution in [0.25, 0.3) is 21.7 Å². The summed E-state index contributed by atoms with van der Waals surface area (Å²) in [7, 11) is 0. The Morgan fingerprint density at radius 1 is 1.18 bits per heavy atom. The van der Waals surface area contributed by atoms with Crippen LogP contribution in [0.3, 0.4) is 0 Å². The van der Waals surface area contributed by atoms with Crippen molar-refractivity contribution in [3.8, 4) is 33.6 Å². The molecule has 0 saturated heterocycles. The highest BCUT2D eigenvalue weighted by Gasteiger charge is 2.27. The molecule has 0 spiro atoms. The van der Waals surface area contributed by atoms with Crippen molar-refractivity contribution in [1.82, 2.24) is 9.97 Å². The highest BCUT2D eigenvalue weighted by Crippen LogP contribution is 2.36. The van der Waals surface area contributed by atoms with Crippen molar-refractivity contribution >= 4 is 17.3 Å². The Kier molecular flexibility index (Phi) is 6.88. The van der Waals surface area contributed by atoms with E-state index in [1.165, 1.54) is 17.4 Å². The maximum Gasteiger partial charge on any atom is 0.352 e. The number of nitriles is 1. The molecule has 0 saturated carbocycles. The number of pyridine rings is 2. The molecule has 0 aliphatic rings. The molecule has 3 aromatic heterocycles. The van der Waals surface area contributed by atoms with Crippen LogP contribution >= 0.6 is 11.3 Å². The minimum Gasteiger partial charge on any atom is -0.458 e. The van der Waals surface area contributed by atoms with Gasteiger partial charge in [0.15, 0.2) is 0 Å². The maximum absolute atomic E-state index is 12.9. The highest BCUT2D eigenvalue weighted by atomic mass is 32.1. The number of rotatable bonds is 8. The monoisotopic (exact) mass is 453 g/mol. The molecule has 0 fully saturated rings. The van der Waals surface area contributed by atoms with Gasteiger partial charge in [-0.2, -0.15) is 5.26 Å². The van der Waals surface area contributed by atoms with E-state index in [2.05, 4.69) is 22.6 Å². The second kappa shape index (κ2) is 10.4. The average molecular weight is 454 g/mol. The van der Waals surface area contributed by atoms with Crippen molar-refractivity contribution in [1.29, 1.82) is 5.26 Å². The Hall–Kier alpha value is -4.28. The van der Waals surface area contributed by atoms with Gasteiger partial charge < -0.3 is 9.47 Å². The van der Waals surface area contributed by atoms with Crippen molar-refractivity contribution in [2.45, 2.75) is 6.10 Å². The van der Waals surface area contributed by atoms with Crippen molar-refractivity contribution in [2.24, 2.45) is 0 Å². The van der Waals surface area contributed by atoms with Gasteiger partial charge in [-0.15, -0.1) is 11.3 Å². The van der Waals surface area contributed by atoms with Gasteiger partial charge in [0.05, 0.1) is 10.6 Å². The molecule has 3 heterocycles. The van der Waals surface area contributed by atoms with Gasteiger partial charge in [0, 0.05) is 29.1 Å². The summed E-state index contributed by atoms with van der Waals surface area (Å²) in [6.07, 6.45) is 3.71. The molecule has 0 aliphatic heterocycles. The van der Waals surface area contributed by atoms with Gasteiger partial charge in [-0.1, -0.05) is 55.1 Å². The zero-order chi connectivity index (χ0) is 23.0. The number of carbonyl (C=O) groups is 1. The molecule has 6 nitrogen and oxygen atoms in total. The predicted octanol–water partition coefficient (Wildman–Crippen LogP) is 5.59. The van der Waals surface area contributed by atoms with Crippen LogP contribution in [-0.4, -0.2) is 22.5 Å². The quantitative estimate of drug-likeness (QED) is 0.255. The largest absolute Gasteiger partial charge is 0.458 e. The summed E-state index contributed by atoms with van der Waals surface area (Å²) < 4.78 is 11.4. The smallest absolute Gasteiger partial charge is 0.352 e. The van der Waals surface area contributed by atoms with Crippen molar-refractivity contribution in [2.75, 3.05) is 6.61 Å². The van der Waals surface area contributed by atoms with Crippen LogP contribution < -0.4 is 4.74 Å². The summed E-state index contributed by atoms with van der Waals surface area (Å²) in [6, 6.07) is 20.5. The molecular formula is C26H19N3O3S. The fourth-order valence-corrected chi connectivity index (χ4v) is 3.91. The minimum atomic E-state index is -1.11. The van der Waals surface area contributed by atoms with Gasteiger partial charge in [-0.05, 0) is 23.6 Å². The third-order valence-corrected chi connectivity index (χ3v) is 5.63. The fourth-order valence-electron chi connectivity index (χ4n) is 3.22. The zero-order valence-electron chi connectivity index (χ0n) is 17.5. The highest BCUT2D eigenvalue weighted by molar-refractivity contribution is 7.13. The second-order valence-electron chi connectivity index (χ2n) is 6.89. The van der Waals surface area contributed by atoms with E-state index in [0.29, 0.717) is 16.8 Å². The third-order valence-electron chi connectivity index (χ3n) is 4.73. The lowest BCUT2D eigenvalue weighted by molar-refractivity contribution is -0.151. The molecule has 0 bridgehead atoms. The lowest BCUT2D eigenvalue weighted by Crippen LogP contribution is -2.22. The number of hydrogen-bond donors (Lipinski definition) is 0. The Morgan fingerprint density at radius 2 is 2.03 bits per heavy atom. The first-order chi connectivity index (χ1) is 16.2. The molecule has 4 rings (SSSR count). The Balaban J connectivity index is 1.85. The van der Waals surface area contributed by atoms with Crippen LogP contribution in [0.5, 0.6) is 5.88 Å². The van der Waals surface area contributed by atoms with Crippen molar-refractivity contribution < 1.29 is 14.3 Å². The molecule has 0 N–H and O–H groups in total. The van der Waals surface area contributed by atoms with E-state index < -0.39 is 12.1 Å². The number of esters is 1. The molecule has 0 radical (unpaired) electrons. The summed E-state index contributed by atoms with van der Waals surface area (Å²) >= 11 is 1.52. The molecule has 162 valence electrons. The van der Waals surface area contributed by atoms with Crippen molar-refractivity contribution in [3.63, 3.8) is 0 Å². The van der Waals surface area contributed by atoms with E-state index in [-0.39, 0.29) is 18.1 Å². The van der Waals surface area contributed by atoms with E-state index in [1.54, 1.807) is 42.7 Å². The first-order valence-electron chi connectivity index (χ1n) is 10.1. The van der Waals surface area contributed by atoms with E-state index in [1.807, 2.05) is 35.7 Å². The minimum absolute atomic E-state index is 0.0419. The summed E-state index contributed by atoms with van der Waals surface area (Å²) in [5, 5.41) is 12.0. The fraction of sp³-hybridized carbons (Fsp3) is 0.0769. The summed E-state index contributed by atoms with van der Waals surface area (Å²) in [6.45, 7) is 3.63. The molecule has 4 aromatic rings.